The van der Waals surface area contributed by atoms with Crippen molar-refractivity contribution in [2.75, 3.05) is 6.26 Å². The van der Waals surface area contributed by atoms with Crippen LogP contribution in [0, 0.1) is 0 Å². The summed E-state index contributed by atoms with van der Waals surface area (Å²) in [6.45, 7) is 8.63. The summed E-state index contributed by atoms with van der Waals surface area (Å²) in [6.07, 6.45) is 5.44. The van der Waals surface area contributed by atoms with Gasteiger partial charge in [-0.2, -0.15) is 0 Å². The topological polar surface area (TPSA) is 52.2 Å². The average molecular weight is 366 g/mol. The first kappa shape index (κ1) is 17.1. The van der Waals surface area contributed by atoms with Gasteiger partial charge in [0.25, 0.3) is 5.56 Å². The fraction of sp³-hybridized carbons (Fsp3) is 0.350. The highest BCUT2D eigenvalue weighted by Gasteiger charge is 2.38. The van der Waals surface area contributed by atoms with Gasteiger partial charge < -0.3 is 0 Å². The lowest BCUT2D eigenvalue weighted by atomic mass is 9.69. The fourth-order valence-corrected chi connectivity index (χ4v) is 4.41. The van der Waals surface area contributed by atoms with Crippen LogP contribution in [0.5, 0.6) is 0 Å². The molecule has 0 radical (unpaired) electrons. The van der Waals surface area contributed by atoms with Crippen molar-refractivity contribution in [3.05, 3.63) is 58.4 Å². The largest absolute Gasteiger partial charge is 0.268 e. The molecule has 2 heterocycles. The highest BCUT2D eigenvalue weighted by Crippen LogP contribution is 2.42. The molecule has 1 aromatic carbocycles. The molecule has 0 saturated carbocycles. The predicted octanol–water partition coefficient (Wildman–Crippen LogP) is 3.69. The van der Waals surface area contributed by atoms with E-state index in [1.54, 1.807) is 15.2 Å². The molecule has 26 heavy (non-hydrogen) atoms. The lowest BCUT2D eigenvalue weighted by molar-refractivity contribution is 0.439. The Balaban J connectivity index is 2.17. The van der Waals surface area contributed by atoms with E-state index in [1.165, 1.54) is 17.3 Å². The van der Waals surface area contributed by atoms with Gasteiger partial charge in [-0.25, -0.2) is 14.1 Å². The molecule has 0 fully saturated rings. The third-order valence-corrected chi connectivity index (χ3v) is 6.04. The zero-order valence-corrected chi connectivity index (χ0v) is 16.1. The molecule has 1 atom stereocenters. The SMILES string of the molecule is C=CCn1nc(SC)n2c(=O)c3c(nc12)-c1ccccc1C[C@]3(C)CC. The minimum atomic E-state index is -0.231. The molecule has 0 amide bonds. The smallest absolute Gasteiger partial charge is 0.265 e. The van der Waals surface area contributed by atoms with Gasteiger partial charge in [0.15, 0.2) is 5.16 Å². The van der Waals surface area contributed by atoms with Crippen molar-refractivity contribution < 1.29 is 0 Å². The van der Waals surface area contributed by atoms with Gasteiger partial charge in [-0.05, 0) is 24.7 Å². The minimum absolute atomic E-state index is 0.00325. The molecular weight excluding hydrogens is 344 g/mol. The van der Waals surface area contributed by atoms with E-state index in [1.807, 2.05) is 12.3 Å². The van der Waals surface area contributed by atoms with E-state index in [0.717, 1.165) is 29.7 Å². The van der Waals surface area contributed by atoms with Crippen LogP contribution in [0.25, 0.3) is 17.0 Å². The van der Waals surface area contributed by atoms with Gasteiger partial charge in [0.2, 0.25) is 5.78 Å². The zero-order chi connectivity index (χ0) is 18.5. The summed E-state index contributed by atoms with van der Waals surface area (Å²) in [7, 11) is 0. The van der Waals surface area contributed by atoms with E-state index < -0.39 is 0 Å². The summed E-state index contributed by atoms with van der Waals surface area (Å²) in [6, 6.07) is 8.27. The quantitative estimate of drug-likeness (QED) is 0.522. The highest BCUT2D eigenvalue weighted by molar-refractivity contribution is 7.98. The summed E-state index contributed by atoms with van der Waals surface area (Å²) in [4.78, 5) is 18.5. The number of fused-ring (bicyclic) bond motifs is 4. The second-order valence-corrected chi connectivity index (χ2v) is 7.75. The minimum Gasteiger partial charge on any atom is -0.268 e. The normalized spacial score (nSPS) is 18.6. The number of aromatic nitrogens is 4. The van der Waals surface area contributed by atoms with Crippen LogP contribution in [0.2, 0.25) is 0 Å². The summed E-state index contributed by atoms with van der Waals surface area (Å²) >= 11 is 1.46. The van der Waals surface area contributed by atoms with Crippen LogP contribution in [0.15, 0.2) is 46.9 Å². The van der Waals surface area contributed by atoms with Crippen LogP contribution in [0.3, 0.4) is 0 Å². The molecule has 0 aliphatic heterocycles. The Kier molecular flexibility index (Phi) is 4.03. The van der Waals surface area contributed by atoms with Gasteiger partial charge in [-0.1, -0.05) is 56.0 Å². The third kappa shape index (κ3) is 2.28. The molecule has 0 spiro atoms. The molecule has 4 rings (SSSR count). The zero-order valence-electron chi connectivity index (χ0n) is 15.3. The first-order valence-electron chi connectivity index (χ1n) is 8.81. The Hall–Kier alpha value is -2.34. The molecule has 1 aliphatic rings. The molecular formula is C20H22N4OS. The van der Waals surface area contributed by atoms with Crippen LogP contribution in [-0.4, -0.2) is 25.4 Å². The van der Waals surface area contributed by atoms with Crippen LogP contribution >= 0.6 is 11.8 Å². The maximum atomic E-state index is 13.6. The molecule has 1 aliphatic carbocycles. The van der Waals surface area contributed by atoms with E-state index in [2.05, 4.69) is 43.7 Å². The Bertz CT molecular complexity index is 1080. The van der Waals surface area contributed by atoms with Crippen molar-refractivity contribution in [1.82, 2.24) is 19.2 Å². The van der Waals surface area contributed by atoms with Crippen LogP contribution in [0.1, 0.15) is 31.4 Å². The molecule has 5 nitrogen and oxygen atoms in total. The van der Waals surface area contributed by atoms with Crippen molar-refractivity contribution in [3.8, 4) is 11.3 Å². The summed E-state index contributed by atoms with van der Waals surface area (Å²) < 4.78 is 3.41. The molecule has 0 bridgehead atoms. The third-order valence-electron chi connectivity index (χ3n) is 5.42. The van der Waals surface area contributed by atoms with Gasteiger partial charge in [0.05, 0.1) is 17.8 Å². The summed E-state index contributed by atoms with van der Waals surface area (Å²) in [5.74, 6) is 0.577. The number of thioether (sulfide) groups is 1. The molecule has 134 valence electrons. The lowest BCUT2D eigenvalue weighted by Crippen LogP contribution is -2.37. The Morgan fingerprint density at radius 3 is 2.85 bits per heavy atom. The van der Waals surface area contributed by atoms with Crippen molar-refractivity contribution in [1.29, 1.82) is 0 Å². The maximum Gasteiger partial charge on any atom is 0.265 e. The van der Waals surface area contributed by atoms with Gasteiger partial charge in [0.1, 0.15) is 0 Å². The number of hydrogen-bond acceptors (Lipinski definition) is 4. The summed E-state index contributed by atoms with van der Waals surface area (Å²) in [5, 5.41) is 5.23. The number of allylic oxidation sites excluding steroid dienone is 1. The molecule has 2 aromatic heterocycles. The second-order valence-electron chi connectivity index (χ2n) is 6.98. The van der Waals surface area contributed by atoms with E-state index >= 15 is 0 Å². The fourth-order valence-electron chi connectivity index (χ4n) is 3.88. The van der Waals surface area contributed by atoms with Gasteiger partial charge in [-0.15, -0.1) is 11.7 Å². The average Bonchev–Trinajstić information content (AvgIpc) is 3.00. The second kappa shape index (κ2) is 6.13. The van der Waals surface area contributed by atoms with Crippen LogP contribution < -0.4 is 5.56 Å². The number of rotatable bonds is 4. The molecule has 0 N–H and O–H groups in total. The Morgan fingerprint density at radius 2 is 2.15 bits per heavy atom. The Morgan fingerprint density at radius 1 is 1.38 bits per heavy atom. The Labute approximate surface area is 156 Å². The van der Waals surface area contributed by atoms with Crippen molar-refractivity contribution >= 4 is 17.5 Å². The first-order chi connectivity index (χ1) is 12.5. The van der Waals surface area contributed by atoms with Gasteiger partial charge in [-0.3, -0.25) is 4.79 Å². The number of nitrogens with zero attached hydrogens (tertiary/aromatic N) is 4. The van der Waals surface area contributed by atoms with E-state index in [-0.39, 0.29) is 11.0 Å². The molecule has 0 saturated heterocycles. The van der Waals surface area contributed by atoms with Crippen molar-refractivity contribution in [2.24, 2.45) is 0 Å². The van der Waals surface area contributed by atoms with Crippen LogP contribution in [0.4, 0.5) is 0 Å². The van der Waals surface area contributed by atoms with E-state index in [0.29, 0.717) is 17.5 Å². The van der Waals surface area contributed by atoms with Gasteiger partial charge in [0, 0.05) is 11.0 Å². The monoisotopic (exact) mass is 366 g/mol. The molecule has 6 heteroatoms. The summed E-state index contributed by atoms with van der Waals surface area (Å²) in [5.41, 5.74) is 3.70. The van der Waals surface area contributed by atoms with Crippen molar-refractivity contribution in [2.45, 2.75) is 43.8 Å². The molecule has 0 unspecified atom stereocenters. The first-order valence-corrected chi connectivity index (χ1v) is 10.0. The van der Waals surface area contributed by atoms with E-state index in [9.17, 15) is 4.79 Å². The molecule has 3 aromatic rings. The van der Waals surface area contributed by atoms with Crippen LogP contribution in [-0.2, 0) is 18.4 Å². The number of benzene rings is 1. The lowest BCUT2D eigenvalue weighted by Gasteiger charge is -2.34. The standard InChI is InChI=1S/C20H22N4OS/c1-5-11-23-18-21-16-14-10-8-7-9-13(14)12-20(3,6-2)15(16)17(25)24(18)19(22-23)26-4/h5,7-10H,1,6,11-12H2,2-4H3/t20-/m0/s1. The maximum absolute atomic E-state index is 13.6. The number of hydrogen-bond donors (Lipinski definition) is 0. The van der Waals surface area contributed by atoms with E-state index in [4.69, 9.17) is 4.98 Å². The van der Waals surface area contributed by atoms with Gasteiger partial charge >= 0.3 is 0 Å². The predicted molar refractivity (Wildman–Crippen MR) is 106 cm³/mol. The van der Waals surface area contributed by atoms with Crippen molar-refractivity contribution in [3.63, 3.8) is 0 Å². The highest BCUT2D eigenvalue weighted by atomic mass is 32.2.